The Balaban J connectivity index is 2.10. The molecular weight excluding hydrogens is 240 g/mol. The minimum atomic E-state index is -1.19. The first-order chi connectivity index (χ1) is 8.48. The van der Waals surface area contributed by atoms with Crippen LogP contribution in [0.2, 0.25) is 0 Å². The van der Waals surface area contributed by atoms with Gasteiger partial charge >= 0.3 is 12.0 Å². The average Bonchev–Trinajstić information content (AvgIpc) is 2.55. The zero-order valence-electron chi connectivity index (χ0n) is 10.1. The molecule has 2 fully saturated rings. The van der Waals surface area contributed by atoms with Crippen LogP contribution in [-0.2, 0) is 14.3 Å². The van der Waals surface area contributed by atoms with Crippen LogP contribution in [0.5, 0.6) is 0 Å². The molecule has 2 rings (SSSR count). The van der Waals surface area contributed by atoms with Crippen molar-refractivity contribution in [2.45, 2.75) is 37.3 Å². The van der Waals surface area contributed by atoms with Crippen molar-refractivity contribution in [2.24, 2.45) is 0 Å². The van der Waals surface area contributed by atoms with Crippen LogP contribution in [0, 0.1) is 0 Å². The molecule has 0 aromatic carbocycles. The molecule has 1 aliphatic heterocycles. The molecule has 0 unspecified atom stereocenters. The first-order valence-corrected chi connectivity index (χ1v) is 5.87. The molecule has 1 saturated carbocycles. The zero-order chi connectivity index (χ0) is 13.3. The van der Waals surface area contributed by atoms with E-state index in [1.54, 1.807) is 7.11 Å². The van der Waals surface area contributed by atoms with Gasteiger partial charge in [0, 0.05) is 7.11 Å². The van der Waals surface area contributed by atoms with Crippen LogP contribution in [-0.4, -0.2) is 53.2 Å². The number of carboxylic acid groups (broad SMARTS) is 1. The molecule has 18 heavy (non-hydrogen) atoms. The number of hydrogen-bond donors (Lipinski definition) is 2. The summed E-state index contributed by atoms with van der Waals surface area (Å²) in [5.41, 5.74) is -0.915. The van der Waals surface area contributed by atoms with Crippen LogP contribution in [0.3, 0.4) is 0 Å². The maximum atomic E-state index is 12.2. The third-order valence-corrected chi connectivity index (χ3v) is 3.66. The molecule has 3 amide bonds. The largest absolute Gasteiger partial charge is 0.480 e. The van der Waals surface area contributed by atoms with Gasteiger partial charge in [0.1, 0.15) is 12.1 Å². The lowest BCUT2D eigenvalue weighted by Crippen LogP contribution is -2.50. The van der Waals surface area contributed by atoms with Gasteiger partial charge in [0.25, 0.3) is 5.91 Å². The fraction of sp³-hybridized carbons (Fsp3) is 0.727. The highest BCUT2D eigenvalue weighted by atomic mass is 16.5. The van der Waals surface area contributed by atoms with Crippen molar-refractivity contribution >= 4 is 17.9 Å². The number of aliphatic carboxylic acids is 1. The van der Waals surface area contributed by atoms with Crippen molar-refractivity contribution in [3.05, 3.63) is 0 Å². The minimum Gasteiger partial charge on any atom is -0.480 e. The molecule has 0 atom stereocenters. The number of ether oxygens (including phenoxy) is 1. The lowest BCUT2D eigenvalue weighted by atomic mass is 9.80. The van der Waals surface area contributed by atoms with Crippen molar-refractivity contribution in [1.82, 2.24) is 10.2 Å². The van der Waals surface area contributed by atoms with Gasteiger partial charge in [-0.1, -0.05) is 0 Å². The summed E-state index contributed by atoms with van der Waals surface area (Å²) in [6.45, 7) is -0.583. The Labute approximate surface area is 104 Å². The van der Waals surface area contributed by atoms with Crippen LogP contribution in [0.15, 0.2) is 0 Å². The van der Waals surface area contributed by atoms with E-state index >= 15 is 0 Å². The lowest BCUT2D eigenvalue weighted by Gasteiger charge is -2.34. The van der Waals surface area contributed by atoms with Crippen molar-refractivity contribution in [3.8, 4) is 0 Å². The molecule has 1 saturated heterocycles. The molecule has 1 heterocycles. The monoisotopic (exact) mass is 256 g/mol. The molecule has 1 spiro atoms. The lowest BCUT2D eigenvalue weighted by molar-refractivity contribution is -0.143. The summed E-state index contributed by atoms with van der Waals surface area (Å²) in [5.74, 6) is -1.62. The van der Waals surface area contributed by atoms with Crippen molar-refractivity contribution in [3.63, 3.8) is 0 Å². The van der Waals surface area contributed by atoms with Gasteiger partial charge < -0.3 is 15.2 Å². The normalized spacial score (nSPS) is 31.8. The number of rotatable bonds is 3. The van der Waals surface area contributed by atoms with Gasteiger partial charge in [0.05, 0.1) is 6.10 Å². The zero-order valence-corrected chi connectivity index (χ0v) is 10.1. The molecule has 100 valence electrons. The van der Waals surface area contributed by atoms with Crippen LogP contribution in [0.25, 0.3) is 0 Å². The molecule has 7 heteroatoms. The summed E-state index contributed by atoms with van der Waals surface area (Å²) in [4.78, 5) is 35.2. The van der Waals surface area contributed by atoms with E-state index in [0.29, 0.717) is 25.7 Å². The van der Waals surface area contributed by atoms with E-state index in [2.05, 4.69) is 5.32 Å². The fourth-order valence-corrected chi connectivity index (χ4v) is 2.61. The molecule has 0 bridgehead atoms. The Kier molecular flexibility index (Phi) is 3.25. The predicted molar refractivity (Wildman–Crippen MR) is 59.9 cm³/mol. The summed E-state index contributed by atoms with van der Waals surface area (Å²) >= 11 is 0. The Morgan fingerprint density at radius 2 is 2.11 bits per heavy atom. The highest BCUT2D eigenvalue weighted by molar-refractivity contribution is 6.08. The number of amides is 3. The van der Waals surface area contributed by atoms with E-state index < -0.39 is 30.0 Å². The SMILES string of the molecule is COC1CCC2(CC1)NC(=O)N(CC(=O)O)C2=O. The highest BCUT2D eigenvalue weighted by Crippen LogP contribution is 2.34. The van der Waals surface area contributed by atoms with Gasteiger partial charge in [-0.2, -0.15) is 0 Å². The number of carboxylic acids is 1. The van der Waals surface area contributed by atoms with Crippen LogP contribution < -0.4 is 5.32 Å². The first-order valence-electron chi connectivity index (χ1n) is 5.87. The van der Waals surface area contributed by atoms with Gasteiger partial charge in [0.15, 0.2) is 0 Å². The first kappa shape index (κ1) is 12.8. The van der Waals surface area contributed by atoms with E-state index in [4.69, 9.17) is 9.84 Å². The number of hydrogen-bond acceptors (Lipinski definition) is 4. The number of nitrogens with one attached hydrogen (secondary N) is 1. The standard InChI is InChI=1S/C11H16N2O5/c1-18-7-2-4-11(5-3-7)9(16)13(6-8(14)15)10(17)12-11/h7H,2-6H2,1H3,(H,12,17)(H,14,15). The number of nitrogens with zero attached hydrogens (tertiary/aromatic N) is 1. The number of urea groups is 1. The summed E-state index contributed by atoms with van der Waals surface area (Å²) in [6.07, 6.45) is 2.46. The maximum Gasteiger partial charge on any atom is 0.325 e. The summed E-state index contributed by atoms with van der Waals surface area (Å²) in [5, 5.41) is 11.3. The van der Waals surface area contributed by atoms with Gasteiger partial charge in [-0.3, -0.25) is 14.5 Å². The Morgan fingerprint density at radius 3 is 2.61 bits per heavy atom. The second-order valence-corrected chi connectivity index (χ2v) is 4.73. The van der Waals surface area contributed by atoms with Crippen LogP contribution >= 0.6 is 0 Å². The van der Waals surface area contributed by atoms with Crippen LogP contribution in [0.1, 0.15) is 25.7 Å². The van der Waals surface area contributed by atoms with E-state index in [9.17, 15) is 14.4 Å². The Bertz CT molecular complexity index is 387. The minimum absolute atomic E-state index is 0.105. The van der Waals surface area contributed by atoms with E-state index in [-0.39, 0.29) is 6.10 Å². The Morgan fingerprint density at radius 1 is 1.50 bits per heavy atom. The molecule has 7 nitrogen and oxygen atoms in total. The summed E-state index contributed by atoms with van der Waals surface area (Å²) in [7, 11) is 1.62. The molecule has 2 aliphatic rings. The average molecular weight is 256 g/mol. The predicted octanol–water partition coefficient (Wildman–Crippen LogP) is -0.0494. The topological polar surface area (TPSA) is 95.9 Å². The summed E-state index contributed by atoms with van der Waals surface area (Å²) in [6, 6.07) is -0.613. The maximum absolute atomic E-state index is 12.2. The second kappa shape index (κ2) is 4.56. The number of methoxy groups -OCH3 is 1. The van der Waals surface area contributed by atoms with E-state index in [1.165, 1.54) is 0 Å². The molecule has 0 radical (unpaired) electrons. The van der Waals surface area contributed by atoms with Gasteiger partial charge in [-0.05, 0) is 25.7 Å². The quantitative estimate of drug-likeness (QED) is 0.690. The van der Waals surface area contributed by atoms with Crippen molar-refractivity contribution < 1.29 is 24.2 Å². The van der Waals surface area contributed by atoms with Crippen LogP contribution in [0.4, 0.5) is 4.79 Å². The highest BCUT2D eigenvalue weighted by Gasteiger charge is 2.52. The summed E-state index contributed by atoms with van der Waals surface area (Å²) < 4.78 is 5.22. The number of carbonyl (C=O) groups excluding carboxylic acids is 2. The molecule has 0 aromatic heterocycles. The fourth-order valence-electron chi connectivity index (χ4n) is 2.61. The third-order valence-electron chi connectivity index (χ3n) is 3.66. The van der Waals surface area contributed by atoms with Gasteiger partial charge in [0.2, 0.25) is 0 Å². The molecule has 2 N–H and O–H groups in total. The molecular formula is C11H16N2O5. The second-order valence-electron chi connectivity index (χ2n) is 4.73. The van der Waals surface area contributed by atoms with E-state index in [0.717, 1.165) is 4.90 Å². The number of imide groups is 1. The van der Waals surface area contributed by atoms with Gasteiger partial charge in [-0.15, -0.1) is 0 Å². The van der Waals surface area contributed by atoms with Crippen molar-refractivity contribution in [2.75, 3.05) is 13.7 Å². The number of carbonyl (C=O) groups is 3. The molecule has 1 aliphatic carbocycles. The Hall–Kier alpha value is -1.63. The smallest absolute Gasteiger partial charge is 0.325 e. The van der Waals surface area contributed by atoms with Gasteiger partial charge in [-0.25, -0.2) is 4.79 Å². The van der Waals surface area contributed by atoms with E-state index in [1.807, 2.05) is 0 Å². The molecule has 0 aromatic rings. The third kappa shape index (κ3) is 2.05. The van der Waals surface area contributed by atoms with Crippen molar-refractivity contribution in [1.29, 1.82) is 0 Å².